The second kappa shape index (κ2) is 18.1. The number of nitrogens with zero attached hydrogens (tertiary/aromatic N) is 6. The Labute approximate surface area is 358 Å². The minimum atomic E-state index is -3.57. The van der Waals surface area contributed by atoms with Gasteiger partial charge in [-0.2, -0.15) is 4.98 Å². The van der Waals surface area contributed by atoms with Gasteiger partial charge in [-0.25, -0.2) is 9.37 Å². The molecule has 3 N–H and O–H groups in total. The zero-order chi connectivity index (χ0) is 42.8. The van der Waals surface area contributed by atoms with Crippen LogP contribution in [-0.2, 0) is 36.3 Å². The van der Waals surface area contributed by atoms with Gasteiger partial charge in [-0.15, -0.1) is 0 Å². The van der Waals surface area contributed by atoms with Gasteiger partial charge in [-0.3, -0.25) is 34.1 Å². The van der Waals surface area contributed by atoms with Gasteiger partial charge in [-0.1, -0.05) is 29.8 Å². The Hall–Kier alpha value is -5.16. The molecule has 1 aromatic heterocycles. The number of halogens is 2. The molecule has 3 fully saturated rings. The molecule has 0 radical (unpaired) electrons. The second-order valence-corrected chi connectivity index (χ2v) is 18.0. The molecule has 4 aliphatic rings. The largest absolute Gasteiger partial charge is 0.494 e. The molecule has 3 amide bonds. The van der Waals surface area contributed by atoms with E-state index in [0.29, 0.717) is 46.1 Å². The molecule has 19 heteroatoms. The smallest absolute Gasteiger partial charge is 0.362 e. The maximum absolute atomic E-state index is 15.9. The van der Waals surface area contributed by atoms with Crippen molar-refractivity contribution in [2.45, 2.75) is 50.9 Å². The summed E-state index contributed by atoms with van der Waals surface area (Å²) in [6.45, 7) is 5.65. The van der Waals surface area contributed by atoms with Crippen LogP contribution in [0.2, 0.25) is 5.02 Å². The predicted octanol–water partition coefficient (Wildman–Crippen LogP) is 5.42. The number of amides is 3. The van der Waals surface area contributed by atoms with E-state index >= 15 is 4.39 Å². The first kappa shape index (κ1) is 42.5. The second-order valence-electron chi connectivity index (χ2n) is 15.4. The van der Waals surface area contributed by atoms with Crippen molar-refractivity contribution in [2.75, 3.05) is 76.1 Å². The molecule has 4 aromatic rings. The van der Waals surface area contributed by atoms with Crippen molar-refractivity contribution in [3.05, 3.63) is 88.3 Å². The normalized spacial score (nSPS) is 19.2. The topological polar surface area (TPSA) is 171 Å². The van der Waals surface area contributed by atoms with Crippen molar-refractivity contribution in [3.8, 4) is 5.75 Å². The van der Waals surface area contributed by atoms with Gasteiger partial charge in [0.1, 0.15) is 22.6 Å². The highest BCUT2D eigenvalue weighted by Crippen LogP contribution is 2.47. The lowest BCUT2D eigenvalue weighted by Gasteiger charge is -2.43. The van der Waals surface area contributed by atoms with Crippen LogP contribution in [0.3, 0.4) is 0 Å². The molecule has 3 saturated heterocycles. The molecule has 5 heterocycles. The highest BCUT2D eigenvalue weighted by Gasteiger charge is 2.41. The number of carbonyl (C=O) groups is 3. The number of likely N-dealkylation sites (tertiary alicyclic amines) is 1. The molecule has 322 valence electrons. The first-order chi connectivity index (χ1) is 29.5. The van der Waals surface area contributed by atoms with E-state index in [1.54, 1.807) is 43.5 Å². The van der Waals surface area contributed by atoms with Crippen LogP contribution in [0.15, 0.2) is 60.8 Å². The van der Waals surface area contributed by atoms with E-state index < -0.39 is 19.5 Å². The van der Waals surface area contributed by atoms with Gasteiger partial charge < -0.3 is 34.2 Å². The van der Waals surface area contributed by atoms with Crippen LogP contribution >= 0.6 is 19.2 Å². The third kappa shape index (κ3) is 8.81. The minimum Gasteiger partial charge on any atom is -0.494 e. The van der Waals surface area contributed by atoms with Crippen molar-refractivity contribution >= 4 is 71.1 Å². The number of benzene rings is 3. The number of methoxy groups -OCH3 is 1. The van der Waals surface area contributed by atoms with Gasteiger partial charge in [0.05, 0.1) is 36.5 Å². The summed E-state index contributed by atoms with van der Waals surface area (Å²) in [5.41, 5.74) is 3.31. The van der Waals surface area contributed by atoms with E-state index in [9.17, 15) is 18.9 Å². The fourth-order valence-corrected chi connectivity index (χ4v) is 10.0. The summed E-state index contributed by atoms with van der Waals surface area (Å²) < 4.78 is 45.3. The average Bonchev–Trinajstić information content (AvgIpc) is 3.62. The predicted molar refractivity (Wildman–Crippen MR) is 229 cm³/mol. The maximum Gasteiger partial charge on any atom is 0.362 e. The standard InChI is InChI=1S/C42H48ClFN9O7P/c1-58-35-22-28(9-11-32(35)47-42-45-23-31(43)39(49-42)46-33-6-4-5-7-36(33)61(57,59-2)60-3)52-20-18-51(19-21-52)27-14-16-50(17-15-27)24-26-8-10-29-30(38(26)44)25-53(41(29)56)34-12-13-37(54)48-40(34)55/h4-11,22-23,27,34H,12-21,24-25H2,1-3H3,(H,48,54,55)(H2,45,46,47,49). The fourth-order valence-electron chi connectivity index (χ4n) is 8.64. The van der Waals surface area contributed by atoms with Crippen LogP contribution in [0, 0.1) is 5.82 Å². The van der Waals surface area contributed by atoms with Crippen molar-refractivity contribution in [1.29, 1.82) is 0 Å². The number of nitrogens with one attached hydrogen (secondary N) is 3. The monoisotopic (exact) mass is 875 g/mol. The number of para-hydroxylation sites is 1. The van der Waals surface area contributed by atoms with Crippen LogP contribution in [0.25, 0.3) is 0 Å². The van der Waals surface area contributed by atoms with E-state index in [-0.39, 0.29) is 59.4 Å². The van der Waals surface area contributed by atoms with Gasteiger partial charge in [0, 0.05) is 87.9 Å². The summed E-state index contributed by atoms with van der Waals surface area (Å²) in [7, 11) is 0.688. The third-order valence-corrected chi connectivity index (χ3v) is 14.2. The number of hydrogen-bond donors (Lipinski definition) is 3. The first-order valence-electron chi connectivity index (χ1n) is 20.2. The van der Waals surface area contributed by atoms with Crippen LogP contribution in [0.1, 0.15) is 47.2 Å². The summed E-state index contributed by atoms with van der Waals surface area (Å²) in [5, 5.41) is 9.26. The Morgan fingerprint density at radius 2 is 1.67 bits per heavy atom. The van der Waals surface area contributed by atoms with Gasteiger partial charge in [0.25, 0.3) is 5.91 Å². The summed E-state index contributed by atoms with van der Waals surface area (Å²) in [6, 6.07) is 15.9. The molecular formula is C42H48ClFN9O7P. The fraction of sp³-hybridized carbons (Fsp3) is 0.405. The van der Waals surface area contributed by atoms with Crippen LogP contribution in [0.4, 0.5) is 33.2 Å². The van der Waals surface area contributed by atoms with E-state index in [4.69, 9.17) is 25.4 Å². The number of piperidine rings is 2. The quantitative estimate of drug-likeness (QED) is 0.115. The van der Waals surface area contributed by atoms with Gasteiger partial charge in [-0.05, 0) is 62.7 Å². The molecule has 1 unspecified atom stereocenters. The Morgan fingerprint density at radius 3 is 2.39 bits per heavy atom. The van der Waals surface area contributed by atoms with E-state index in [2.05, 4.69) is 40.6 Å². The lowest BCUT2D eigenvalue weighted by Crippen LogP contribution is -2.53. The number of rotatable bonds is 13. The van der Waals surface area contributed by atoms with E-state index in [1.165, 1.54) is 25.3 Å². The molecule has 8 rings (SSSR count). The molecule has 0 spiro atoms. The summed E-state index contributed by atoms with van der Waals surface area (Å²) in [4.78, 5) is 54.7. The molecule has 0 saturated carbocycles. The van der Waals surface area contributed by atoms with Crippen LogP contribution in [-0.4, -0.2) is 115 Å². The number of anilines is 5. The van der Waals surface area contributed by atoms with Crippen molar-refractivity contribution < 1.29 is 37.1 Å². The zero-order valence-electron chi connectivity index (χ0n) is 34.2. The first-order valence-corrected chi connectivity index (χ1v) is 22.1. The van der Waals surface area contributed by atoms with Crippen molar-refractivity contribution in [3.63, 3.8) is 0 Å². The molecule has 16 nitrogen and oxygen atoms in total. The van der Waals surface area contributed by atoms with Crippen molar-refractivity contribution in [2.24, 2.45) is 0 Å². The number of aromatic nitrogens is 2. The van der Waals surface area contributed by atoms with Crippen LogP contribution in [0.5, 0.6) is 5.75 Å². The molecule has 3 aromatic carbocycles. The molecule has 0 bridgehead atoms. The molecule has 61 heavy (non-hydrogen) atoms. The Bertz CT molecular complexity index is 2370. The van der Waals surface area contributed by atoms with Crippen molar-refractivity contribution in [1.82, 2.24) is 30.0 Å². The number of fused-ring (bicyclic) bond motifs is 1. The third-order valence-electron chi connectivity index (χ3n) is 12.0. The molecule has 0 aliphatic carbocycles. The minimum absolute atomic E-state index is 0.0226. The molecule has 1 atom stereocenters. The summed E-state index contributed by atoms with van der Waals surface area (Å²) >= 11 is 6.48. The lowest BCUT2D eigenvalue weighted by atomic mass is 10.00. The van der Waals surface area contributed by atoms with Crippen LogP contribution < -0.4 is 30.9 Å². The Kier molecular flexibility index (Phi) is 12.6. The number of piperazine rings is 1. The maximum atomic E-state index is 15.9. The Morgan fingerprint density at radius 1 is 0.918 bits per heavy atom. The summed E-state index contributed by atoms with van der Waals surface area (Å²) in [5.74, 6) is -0.450. The average molecular weight is 876 g/mol. The highest BCUT2D eigenvalue weighted by molar-refractivity contribution is 7.62. The summed E-state index contributed by atoms with van der Waals surface area (Å²) in [6.07, 6.45) is 3.81. The van der Waals surface area contributed by atoms with E-state index in [0.717, 1.165) is 57.8 Å². The lowest BCUT2D eigenvalue weighted by molar-refractivity contribution is -0.136. The SMILES string of the molecule is COc1cc(N2CCN(C3CCN(Cc4ccc5c(c4F)CN(C4CCC(=O)NC4=O)C5=O)CC3)CC2)ccc1Nc1ncc(Cl)c(Nc2ccccc2P(=O)(OC)OC)n1. The molecule has 4 aliphatic heterocycles. The highest BCUT2D eigenvalue weighted by atomic mass is 35.5. The number of hydrogen-bond acceptors (Lipinski definition) is 14. The number of carbonyl (C=O) groups excluding carboxylic acids is 3. The zero-order valence-corrected chi connectivity index (χ0v) is 35.8. The van der Waals surface area contributed by atoms with Gasteiger partial charge in [0.15, 0.2) is 5.82 Å². The van der Waals surface area contributed by atoms with Gasteiger partial charge >= 0.3 is 7.60 Å². The Balaban J connectivity index is 0.839. The van der Waals surface area contributed by atoms with E-state index in [1.807, 2.05) is 18.2 Å². The number of ether oxygens (including phenoxy) is 1. The molecular weight excluding hydrogens is 828 g/mol. The number of imide groups is 1. The van der Waals surface area contributed by atoms with Gasteiger partial charge in [0.2, 0.25) is 17.8 Å².